The standard InChI is InChI=1S/C10H13BrN2.2ClH/c1-6-2-8(11)3-7-4-9(12)5-13-10(6)7;;/h2-3,9,13H,4-5,12H2,1H3;2*1H. The van der Waals surface area contributed by atoms with Gasteiger partial charge in [-0.05, 0) is 36.6 Å². The van der Waals surface area contributed by atoms with Crippen molar-refractivity contribution in [3.63, 3.8) is 0 Å². The molecular formula is C10H15BrCl2N2. The van der Waals surface area contributed by atoms with Gasteiger partial charge in [0.1, 0.15) is 0 Å². The quantitative estimate of drug-likeness (QED) is 0.773. The Morgan fingerprint density at radius 3 is 2.73 bits per heavy atom. The van der Waals surface area contributed by atoms with Crippen LogP contribution in [-0.2, 0) is 6.42 Å². The summed E-state index contributed by atoms with van der Waals surface area (Å²) in [5.74, 6) is 0. The van der Waals surface area contributed by atoms with Crippen LogP contribution in [-0.4, -0.2) is 12.6 Å². The highest BCUT2D eigenvalue weighted by atomic mass is 79.9. The third-order valence-electron chi connectivity index (χ3n) is 2.41. The molecule has 1 aliphatic rings. The summed E-state index contributed by atoms with van der Waals surface area (Å²) in [6.07, 6.45) is 0.975. The van der Waals surface area contributed by atoms with Crippen LogP contribution in [0.5, 0.6) is 0 Å². The SMILES string of the molecule is Cc1cc(Br)cc2c1NCC(N)C2.Cl.Cl. The second-order valence-corrected chi connectivity index (χ2v) is 4.52. The van der Waals surface area contributed by atoms with E-state index >= 15 is 0 Å². The molecule has 5 heteroatoms. The van der Waals surface area contributed by atoms with E-state index in [1.807, 2.05) is 0 Å². The molecule has 0 bridgehead atoms. The average molecular weight is 314 g/mol. The third kappa shape index (κ3) is 3.25. The zero-order valence-corrected chi connectivity index (χ0v) is 11.6. The van der Waals surface area contributed by atoms with Crippen molar-refractivity contribution in [2.45, 2.75) is 19.4 Å². The molecule has 0 saturated heterocycles. The molecule has 1 aromatic rings. The maximum atomic E-state index is 5.87. The first-order valence-corrected chi connectivity index (χ1v) is 5.24. The largest absolute Gasteiger partial charge is 0.383 e. The molecule has 0 aromatic heterocycles. The highest BCUT2D eigenvalue weighted by Gasteiger charge is 2.16. The second-order valence-electron chi connectivity index (χ2n) is 3.60. The lowest BCUT2D eigenvalue weighted by atomic mass is 9.97. The lowest BCUT2D eigenvalue weighted by Gasteiger charge is -2.25. The summed E-state index contributed by atoms with van der Waals surface area (Å²) >= 11 is 3.49. The van der Waals surface area contributed by atoms with Gasteiger partial charge in [0.15, 0.2) is 0 Å². The van der Waals surface area contributed by atoms with Crippen LogP contribution >= 0.6 is 40.7 Å². The molecular weight excluding hydrogens is 299 g/mol. The fraction of sp³-hybridized carbons (Fsp3) is 0.400. The van der Waals surface area contributed by atoms with Gasteiger partial charge in [-0.1, -0.05) is 15.9 Å². The molecule has 0 radical (unpaired) electrons. The summed E-state index contributed by atoms with van der Waals surface area (Å²) < 4.78 is 1.14. The fourth-order valence-electron chi connectivity index (χ4n) is 1.81. The van der Waals surface area contributed by atoms with Gasteiger partial charge in [-0.15, -0.1) is 24.8 Å². The van der Waals surface area contributed by atoms with E-state index < -0.39 is 0 Å². The molecule has 0 amide bonds. The number of fused-ring (bicyclic) bond motifs is 1. The van der Waals surface area contributed by atoms with Gasteiger partial charge in [-0.3, -0.25) is 0 Å². The van der Waals surface area contributed by atoms with Crippen molar-refractivity contribution >= 4 is 46.4 Å². The van der Waals surface area contributed by atoms with Crippen LogP contribution in [0.1, 0.15) is 11.1 Å². The van der Waals surface area contributed by atoms with Crippen molar-refractivity contribution in [1.82, 2.24) is 0 Å². The Kier molecular flexibility index (Phi) is 5.96. The van der Waals surface area contributed by atoms with E-state index in [0.717, 1.165) is 17.4 Å². The van der Waals surface area contributed by atoms with Crippen LogP contribution in [0.15, 0.2) is 16.6 Å². The number of nitrogens with one attached hydrogen (secondary N) is 1. The van der Waals surface area contributed by atoms with Crippen molar-refractivity contribution in [3.8, 4) is 0 Å². The van der Waals surface area contributed by atoms with Gasteiger partial charge in [-0.25, -0.2) is 0 Å². The predicted octanol–water partition coefficient (Wildman–Crippen LogP) is 2.90. The van der Waals surface area contributed by atoms with Crippen LogP contribution in [0.2, 0.25) is 0 Å². The lowest BCUT2D eigenvalue weighted by Crippen LogP contribution is -2.35. The van der Waals surface area contributed by atoms with E-state index in [-0.39, 0.29) is 30.9 Å². The Bertz CT molecular complexity index is 344. The molecule has 1 heterocycles. The maximum absolute atomic E-state index is 5.87. The monoisotopic (exact) mass is 312 g/mol. The van der Waals surface area contributed by atoms with Crippen molar-refractivity contribution in [2.75, 3.05) is 11.9 Å². The molecule has 1 atom stereocenters. The first-order valence-electron chi connectivity index (χ1n) is 4.45. The van der Waals surface area contributed by atoms with Crippen molar-refractivity contribution < 1.29 is 0 Å². The van der Waals surface area contributed by atoms with E-state index in [1.54, 1.807) is 0 Å². The third-order valence-corrected chi connectivity index (χ3v) is 2.86. The minimum absolute atomic E-state index is 0. The molecule has 0 aliphatic carbocycles. The Morgan fingerprint density at radius 2 is 2.07 bits per heavy atom. The van der Waals surface area contributed by atoms with Crippen LogP contribution in [0.25, 0.3) is 0 Å². The maximum Gasteiger partial charge on any atom is 0.0404 e. The normalized spacial score (nSPS) is 17.9. The van der Waals surface area contributed by atoms with Crippen LogP contribution in [0, 0.1) is 6.92 Å². The molecule has 2 nitrogen and oxygen atoms in total. The van der Waals surface area contributed by atoms with Crippen molar-refractivity contribution in [1.29, 1.82) is 0 Å². The Balaban J connectivity index is 0.000000980. The summed E-state index contributed by atoms with van der Waals surface area (Å²) in [4.78, 5) is 0. The molecule has 2 rings (SSSR count). The van der Waals surface area contributed by atoms with Gasteiger partial charge in [-0.2, -0.15) is 0 Å². The number of benzene rings is 1. The highest BCUT2D eigenvalue weighted by molar-refractivity contribution is 9.10. The van der Waals surface area contributed by atoms with Crippen LogP contribution < -0.4 is 11.1 Å². The Morgan fingerprint density at radius 1 is 1.40 bits per heavy atom. The zero-order chi connectivity index (χ0) is 9.42. The number of rotatable bonds is 0. The molecule has 1 aromatic carbocycles. The molecule has 0 fully saturated rings. The Labute approximate surface area is 111 Å². The predicted molar refractivity (Wildman–Crippen MR) is 73.5 cm³/mol. The number of hydrogen-bond donors (Lipinski definition) is 2. The molecule has 3 N–H and O–H groups in total. The summed E-state index contributed by atoms with van der Waals surface area (Å²) in [7, 11) is 0. The minimum atomic E-state index is 0. The molecule has 86 valence electrons. The van der Waals surface area contributed by atoms with E-state index in [9.17, 15) is 0 Å². The van der Waals surface area contributed by atoms with Crippen molar-refractivity contribution in [2.24, 2.45) is 5.73 Å². The Hall–Kier alpha value is 0.0400. The highest BCUT2D eigenvalue weighted by Crippen LogP contribution is 2.28. The van der Waals surface area contributed by atoms with Gasteiger partial charge in [0.25, 0.3) is 0 Å². The number of anilines is 1. The molecule has 1 aliphatic heterocycles. The summed E-state index contributed by atoms with van der Waals surface area (Å²) in [5, 5.41) is 3.36. The second kappa shape index (κ2) is 5.94. The first-order chi connectivity index (χ1) is 6.16. The van der Waals surface area contributed by atoms with Gasteiger partial charge in [0, 0.05) is 22.7 Å². The molecule has 0 saturated carbocycles. The van der Waals surface area contributed by atoms with Crippen molar-refractivity contribution in [3.05, 3.63) is 27.7 Å². The smallest absolute Gasteiger partial charge is 0.0404 e. The molecule has 0 spiro atoms. The summed E-state index contributed by atoms with van der Waals surface area (Å²) in [5.41, 5.74) is 9.75. The van der Waals surface area contributed by atoms with E-state index in [0.29, 0.717) is 0 Å². The van der Waals surface area contributed by atoms with E-state index in [2.05, 4.69) is 40.3 Å². The average Bonchev–Trinajstić information content (AvgIpc) is 2.02. The lowest BCUT2D eigenvalue weighted by molar-refractivity contribution is 0.678. The van der Waals surface area contributed by atoms with Gasteiger partial charge in [0.05, 0.1) is 0 Å². The van der Waals surface area contributed by atoms with E-state index in [4.69, 9.17) is 5.73 Å². The molecule has 15 heavy (non-hydrogen) atoms. The zero-order valence-electron chi connectivity index (χ0n) is 8.42. The van der Waals surface area contributed by atoms with Gasteiger partial charge >= 0.3 is 0 Å². The van der Waals surface area contributed by atoms with E-state index in [1.165, 1.54) is 16.8 Å². The first kappa shape index (κ1) is 15.0. The number of hydrogen-bond acceptors (Lipinski definition) is 2. The van der Waals surface area contributed by atoms with Crippen LogP contribution in [0.4, 0.5) is 5.69 Å². The van der Waals surface area contributed by atoms with Gasteiger partial charge < -0.3 is 11.1 Å². The van der Waals surface area contributed by atoms with Crippen LogP contribution in [0.3, 0.4) is 0 Å². The fourth-order valence-corrected chi connectivity index (χ4v) is 2.43. The minimum Gasteiger partial charge on any atom is -0.383 e. The summed E-state index contributed by atoms with van der Waals surface area (Å²) in [6, 6.07) is 4.53. The summed E-state index contributed by atoms with van der Waals surface area (Å²) in [6.45, 7) is 3.00. The topological polar surface area (TPSA) is 38.0 Å². The number of aryl methyl sites for hydroxylation is 1. The number of halogens is 3. The molecule has 1 unspecified atom stereocenters. The van der Waals surface area contributed by atoms with Gasteiger partial charge in [0.2, 0.25) is 0 Å². The number of nitrogens with two attached hydrogens (primary N) is 1.